The molecule has 0 atom stereocenters. The van der Waals surface area contributed by atoms with E-state index < -0.39 is 30.8 Å². The van der Waals surface area contributed by atoms with Crippen molar-refractivity contribution in [2.24, 2.45) is 0 Å². The van der Waals surface area contributed by atoms with Gasteiger partial charge in [0, 0.05) is 11.1 Å². The lowest BCUT2D eigenvalue weighted by molar-refractivity contribution is -0.0261. The summed E-state index contributed by atoms with van der Waals surface area (Å²) in [6.07, 6.45) is 0.623. The average molecular weight is 907 g/mol. The minimum atomic E-state index is -3.26. The van der Waals surface area contributed by atoms with Gasteiger partial charge in [-0.05, 0) is 87.6 Å². The maximum absolute atomic E-state index is 12.1. The first kappa shape index (κ1) is 54.6. The number of halogens is 4. The zero-order chi connectivity index (χ0) is 40.6. The first-order valence-electron chi connectivity index (χ1n) is 17.9. The van der Waals surface area contributed by atoms with Crippen molar-refractivity contribution in [3.05, 3.63) is 0 Å². The third-order valence-electron chi connectivity index (χ3n) is 7.39. The van der Waals surface area contributed by atoms with E-state index in [2.05, 4.69) is 0 Å². The van der Waals surface area contributed by atoms with Gasteiger partial charge < -0.3 is 47.4 Å². The fourth-order valence-corrected chi connectivity index (χ4v) is 6.75. The molecule has 0 bridgehead atoms. The molecule has 0 unspecified atom stereocenters. The molecule has 0 aliphatic rings. The zero-order valence-corrected chi connectivity index (χ0v) is 37.0. The molecule has 0 fully saturated rings. The van der Waals surface area contributed by atoms with Crippen molar-refractivity contribution < 1.29 is 64.2 Å². The van der Waals surface area contributed by atoms with Crippen molar-refractivity contribution in [2.45, 2.75) is 51.6 Å². The van der Waals surface area contributed by atoms with Crippen LogP contribution in [0.4, 0.5) is 0 Å². The summed E-state index contributed by atoms with van der Waals surface area (Å²) in [6, 6.07) is 0. The van der Waals surface area contributed by atoms with Crippen LogP contribution in [0.1, 0.15) is 40.5 Å². The molecule has 0 N–H and O–H groups in total. The second-order valence-corrected chi connectivity index (χ2v) is 19.3. The Kier molecular flexibility index (Phi) is 33.8. The summed E-state index contributed by atoms with van der Waals surface area (Å²) in [5.74, 6) is -0.194. The summed E-state index contributed by atoms with van der Waals surface area (Å²) < 4.78 is 105. The smallest absolute Gasteiger partial charge is 0.152 e. The van der Waals surface area contributed by atoms with Crippen LogP contribution in [0.25, 0.3) is 0 Å². The quantitative estimate of drug-likeness (QED) is 0.0645. The Morgan fingerprint density at radius 3 is 0.667 bits per heavy atom. The van der Waals surface area contributed by atoms with Crippen molar-refractivity contribution in [1.82, 2.24) is 7.88 Å². The molecule has 0 aromatic carbocycles. The van der Waals surface area contributed by atoms with Gasteiger partial charge in [0.1, 0.15) is 0 Å². The van der Waals surface area contributed by atoms with E-state index in [1.54, 1.807) is 27.7 Å². The van der Waals surface area contributed by atoms with E-state index in [9.17, 15) is 16.8 Å². The Morgan fingerprint density at radius 1 is 0.333 bits per heavy atom. The molecule has 0 heterocycles. The Bertz CT molecular complexity index is 1010. The Balaban J connectivity index is 3.32. The van der Waals surface area contributed by atoms with Crippen molar-refractivity contribution >= 4 is 66.8 Å². The van der Waals surface area contributed by atoms with Crippen LogP contribution >= 0.6 is 47.1 Å². The average Bonchev–Trinajstić information content (AvgIpc) is 3.10. The number of rotatable bonds is 41. The molecule has 0 spiro atoms. The van der Waals surface area contributed by atoms with Gasteiger partial charge in [-0.3, -0.25) is 0 Å². The molecular weight excluding hydrogens is 842 g/mol. The molecule has 54 heavy (non-hydrogen) atoms. The summed E-state index contributed by atoms with van der Waals surface area (Å²) in [4.78, 5) is 0. The first-order chi connectivity index (χ1) is 25.5. The van der Waals surface area contributed by atoms with Crippen LogP contribution in [0.15, 0.2) is 0 Å². The topological polar surface area (TPSA) is 167 Å². The Labute approximate surface area is 344 Å². The largest absolute Gasteiger partial charge is 0.378 e. The molecule has 0 radical (unpaired) electrons. The molecule has 0 saturated carbocycles. The van der Waals surface area contributed by atoms with Gasteiger partial charge in [0.05, 0.1) is 155 Å². The maximum atomic E-state index is 12.1. The summed E-state index contributed by atoms with van der Waals surface area (Å²) in [7, 11) is -6.53. The SMILES string of the molecule is CC(C)(CCS(=O)(=O)CCOCCOCCOCCOCCOCCOCCOCCOCCOCCOCCS(=O)(=O)CCC(C)(C)N(Cl)Cl)N(Cl)Cl. The van der Waals surface area contributed by atoms with Crippen molar-refractivity contribution in [3.63, 3.8) is 0 Å². The van der Waals surface area contributed by atoms with Crippen LogP contribution in [0.2, 0.25) is 0 Å². The fraction of sp³-hybridized carbons (Fsp3) is 1.00. The summed E-state index contributed by atoms with van der Waals surface area (Å²) in [5.41, 5.74) is -1.28. The van der Waals surface area contributed by atoms with Crippen LogP contribution in [-0.4, -0.2) is 191 Å². The number of ether oxygens (including phenoxy) is 10. The van der Waals surface area contributed by atoms with E-state index in [1.807, 2.05) is 0 Å². The zero-order valence-electron chi connectivity index (χ0n) is 32.3. The van der Waals surface area contributed by atoms with E-state index in [4.69, 9.17) is 94.5 Å². The van der Waals surface area contributed by atoms with E-state index >= 15 is 0 Å². The first-order valence-corrected chi connectivity index (χ1v) is 22.9. The highest BCUT2D eigenvalue weighted by molar-refractivity contribution is 7.91. The number of hydrogen-bond acceptors (Lipinski definition) is 16. The predicted molar refractivity (Wildman–Crippen MR) is 210 cm³/mol. The van der Waals surface area contributed by atoms with Gasteiger partial charge in [0.2, 0.25) is 0 Å². The van der Waals surface area contributed by atoms with Crippen molar-refractivity contribution in [2.75, 3.05) is 155 Å². The monoisotopic (exact) mass is 904 g/mol. The third-order valence-corrected chi connectivity index (χ3v) is 12.5. The molecule has 0 aliphatic carbocycles. The van der Waals surface area contributed by atoms with Crippen LogP contribution in [0.5, 0.6) is 0 Å². The molecule has 22 heteroatoms. The van der Waals surface area contributed by atoms with Crippen molar-refractivity contribution in [1.29, 1.82) is 0 Å². The lowest BCUT2D eigenvalue weighted by Gasteiger charge is -2.27. The van der Waals surface area contributed by atoms with E-state index in [-0.39, 0.29) is 36.2 Å². The minimum absolute atomic E-state index is 0.0243. The van der Waals surface area contributed by atoms with E-state index in [0.29, 0.717) is 132 Å². The highest BCUT2D eigenvalue weighted by Gasteiger charge is 2.28. The highest BCUT2D eigenvalue weighted by Crippen LogP contribution is 2.25. The molecule has 326 valence electrons. The van der Waals surface area contributed by atoms with Gasteiger partial charge >= 0.3 is 0 Å². The van der Waals surface area contributed by atoms with Crippen LogP contribution in [0, 0.1) is 0 Å². The van der Waals surface area contributed by atoms with Gasteiger partial charge in [0.25, 0.3) is 0 Å². The standard InChI is InChI=1S/C32H64Cl4N2O14S2/c1-31(2,37(33)34)5-27-53(39,40)29-25-51-23-21-49-19-17-47-15-13-45-11-9-43-7-8-44-10-12-46-14-16-48-18-20-50-22-24-52-26-30-54(41,42)28-6-32(3,4)38(35)36/h5-30H2,1-4H3. The molecule has 0 rings (SSSR count). The molecule has 0 aromatic heterocycles. The van der Waals surface area contributed by atoms with Crippen molar-refractivity contribution in [3.8, 4) is 0 Å². The van der Waals surface area contributed by atoms with E-state index in [1.165, 1.54) is 0 Å². The Hall–Kier alpha value is 0.580. The third kappa shape index (κ3) is 34.6. The van der Waals surface area contributed by atoms with Crippen LogP contribution in [-0.2, 0) is 67.0 Å². The summed E-state index contributed by atoms with van der Waals surface area (Å²) in [6.45, 7) is 14.6. The lowest BCUT2D eigenvalue weighted by atomic mass is 10.0. The van der Waals surface area contributed by atoms with E-state index in [0.717, 1.165) is 7.88 Å². The highest BCUT2D eigenvalue weighted by atomic mass is 35.5. The molecular formula is C32H64Cl4N2O14S2. The minimum Gasteiger partial charge on any atom is -0.378 e. The summed E-state index contributed by atoms with van der Waals surface area (Å²) in [5, 5.41) is 0. The molecule has 0 saturated heterocycles. The van der Waals surface area contributed by atoms with Gasteiger partial charge in [-0.15, -0.1) is 7.88 Å². The maximum Gasteiger partial charge on any atom is 0.152 e. The Morgan fingerprint density at radius 2 is 0.500 bits per heavy atom. The number of sulfone groups is 2. The molecule has 16 nitrogen and oxygen atoms in total. The van der Waals surface area contributed by atoms with Gasteiger partial charge in [-0.1, -0.05) is 0 Å². The molecule has 0 aliphatic heterocycles. The number of hydrogen-bond donors (Lipinski definition) is 0. The van der Waals surface area contributed by atoms with Crippen LogP contribution in [0.3, 0.4) is 0 Å². The predicted octanol–water partition coefficient (Wildman–Crippen LogP) is 3.54. The second-order valence-electron chi connectivity index (χ2n) is 13.0. The van der Waals surface area contributed by atoms with Gasteiger partial charge in [-0.2, -0.15) is 0 Å². The molecule has 0 aromatic rings. The number of nitrogens with zero attached hydrogens (tertiary/aromatic N) is 2. The van der Waals surface area contributed by atoms with Gasteiger partial charge in [0.15, 0.2) is 19.7 Å². The normalized spacial score (nSPS) is 13.1. The van der Waals surface area contributed by atoms with Gasteiger partial charge in [-0.25, -0.2) is 16.8 Å². The van der Waals surface area contributed by atoms with Crippen LogP contribution < -0.4 is 0 Å². The summed E-state index contributed by atoms with van der Waals surface area (Å²) >= 11 is 22.9. The second kappa shape index (κ2) is 33.4. The lowest BCUT2D eigenvalue weighted by Crippen LogP contribution is -2.34. The molecule has 0 amide bonds. The fourth-order valence-electron chi connectivity index (χ4n) is 3.64.